The summed E-state index contributed by atoms with van der Waals surface area (Å²) in [5.41, 5.74) is 0. The van der Waals surface area contributed by atoms with Gasteiger partial charge in [0.05, 0.1) is 0 Å². The van der Waals surface area contributed by atoms with Gasteiger partial charge in [-0.1, -0.05) is 32.8 Å². The summed E-state index contributed by atoms with van der Waals surface area (Å²) in [4.78, 5) is 10.2. The van der Waals surface area contributed by atoms with E-state index < -0.39 is 5.97 Å². The largest absolute Gasteiger partial charge is 0.478 e. The number of carbonyl (C=O) groups is 1. The van der Waals surface area contributed by atoms with Gasteiger partial charge in [-0.3, -0.25) is 0 Å². The van der Waals surface area contributed by atoms with Crippen LogP contribution in [0.25, 0.3) is 0 Å². The van der Waals surface area contributed by atoms with E-state index in [-0.39, 0.29) is 0 Å². The third-order valence-electron chi connectivity index (χ3n) is 1.96. The molecular formula is C10H18O2. The molecule has 0 radical (unpaired) electrons. The molecule has 0 aromatic carbocycles. The quantitative estimate of drug-likeness (QED) is 0.622. The lowest BCUT2D eigenvalue weighted by atomic mass is 9.99. The Morgan fingerprint density at radius 3 is 2.58 bits per heavy atom. The highest BCUT2D eigenvalue weighted by Crippen LogP contribution is 2.13. The fourth-order valence-corrected chi connectivity index (χ4v) is 1.12. The van der Waals surface area contributed by atoms with Crippen LogP contribution in [0.3, 0.4) is 0 Å². The Labute approximate surface area is 74.3 Å². The van der Waals surface area contributed by atoms with Gasteiger partial charge >= 0.3 is 5.97 Å². The molecule has 0 saturated heterocycles. The molecule has 0 aliphatic heterocycles. The standard InChI is InChI=1S/C10H18O2/c1-3-5-6-9(4-2)7-8-10(11)12/h7-9H,3-6H2,1-2H3,(H,11,12)/b8-7+/t9-/m0/s1. The van der Waals surface area contributed by atoms with Crippen molar-refractivity contribution in [1.29, 1.82) is 0 Å². The minimum atomic E-state index is -0.843. The maximum Gasteiger partial charge on any atom is 0.327 e. The number of allylic oxidation sites excluding steroid dienone is 1. The lowest BCUT2D eigenvalue weighted by Crippen LogP contribution is -1.96. The van der Waals surface area contributed by atoms with Crippen molar-refractivity contribution in [3.63, 3.8) is 0 Å². The molecule has 12 heavy (non-hydrogen) atoms. The summed E-state index contributed by atoms with van der Waals surface area (Å²) >= 11 is 0. The van der Waals surface area contributed by atoms with E-state index in [1.54, 1.807) is 6.08 Å². The first-order valence-electron chi connectivity index (χ1n) is 4.61. The van der Waals surface area contributed by atoms with Crippen molar-refractivity contribution in [3.05, 3.63) is 12.2 Å². The van der Waals surface area contributed by atoms with Crippen LogP contribution in [0.1, 0.15) is 39.5 Å². The molecule has 0 aliphatic carbocycles. The fraction of sp³-hybridized carbons (Fsp3) is 0.700. The average Bonchev–Trinajstić information content (AvgIpc) is 2.05. The minimum Gasteiger partial charge on any atom is -0.478 e. The lowest BCUT2D eigenvalue weighted by Gasteiger charge is -2.07. The lowest BCUT2D eigenvalue weighted by molar-refractivity contribution is -0.131. The fourth-order valence-electron chi connectivity index (χ4n) is 1.12. The van der Waals surface area contributed by atoms with E-state index in [0.29, 0.717) is 5.92 Å². The molecule has 0 heterocycles. The van der Waals surface area contributed by atoms with E-state index in [1.165, 1.54) is 18.9 Å². The summed E-state index contributed by atoms with van der Waals surface area (Å²) in [6, 6.07) is 0. The Bertz CT molecular complexity index is 150. The minimum absolute atomic E-state index is 0.445. The second-order valence-electron chi connectivity index (χ2n) is 3.01. The van der Waals surface area contributed by atoms with Gasteiger partial charge in [0.15, 0.2) is 0 Å². The van der Waals surface area contributed by atoms with Crippen LogP contribution >= 0.6 is 0 Å². The monoisotopic (exact) mass is 170 g/mol. The van der Waals surface area contributed by atoms with Gasteiger partial charge < -0.3 is 5.11 Å². The number of hydrogen-bond acceptors (Lipinski definition) is 1. The van der Waals surface area contributed by atoms with Gasteiger partial charge in [-0.05, 0) is 18.8 Å². The Hall–Kier alpha value is -0.790. The molecule has 1 N–H and O–H groups in total. The molecule has 0 aliphatic rings. The normalized spacial score (nSPS) is 13.5. The predicted octanol–water partition coefficient (Wildman–Crippen LogP) is 2.84. The maximum absolute atomic E-state index is 10.2. The summed E-state index contributed by atoms with van der Waals surface area (Å²) in [6.07, 6.45) is 7.56. The molecule has 70 valence electrons. The molecular weight excluding hydrogens is 152 g/mol. The first kappa shape index (κ1) is 11.2. The van der Waals surface area contributed by atoms with Gasteiger partial charge in [-0.2, -0.15) is 0 Å². The molecule has 0 unspecified atom stereocenters. The summed E-state index contributed by atoms with van der Waals surface area (Å²) in [6.45, 7) is 4.24. The zero-order valence-corrected chi connectivity index (χ0v) is 7.92. The van der Waals surface area contributed by atoms with Crippen LogP contribution in [0.5, 0.6) is 0 Å². The van der Waals surface area contributed by atoms with Crippen LogP contribution in [-0.2, 0) is 4.79 Å². The first-order valence-corrected chi connectivity index (χ1v) is 4.61. The van der Waals surface area contributed by atoms with E-state index in [9.17, 15) is 4.79 Å². The van der Waals surface area contributed by atoms with Crippen LogP contribution in [0.15, 0.2) is 12.2 Å². The van der Waals surface area contributed by atoms with E-state index in [2.05, 4.69) is 13.8 Å². The Kier molecular flexibility index (Phi) is 6.44. The van der Waals surface area contributed by atoms with Crippen molar-refractivity contribution >= 4 is 5.97 Å². The molecule has 0 amide bonds. The van der Waals surface area contributed by atoms with Crippen molar-refractivity contribution < 1.29 is 9.90 Å². The molecule has 0 bridgehead atoms. The van der Waals surface area contributed by atoms with Gasteiger partial charge in [0.1, 0.15) is 0 Å². The van der Waals surface area contributed by atoms with E-state index >= 15 is 0 Å². The number of aliphatic carboxylic acids is 1. The summed E-state index contributed by atoms with van der Waals surface area (Å²) in [5, 5.41) is 8.40. The SMILES string of the molecule is CCCC[C@@H](/C=C/C(=O)O)CC. The van der Waals surface area contributed by atoms with Gasteiger partial charge in [0, 0.05) is 6.08 Å². The number of hydrogen-bond donors (Lipinski definition) is 1. The number of rotatable bonds is 6. The highest BCUT2D eigenvalue weighted by Gasteiger charge is 2.00. The van der Waals surface area contributed by atoms with Gasteiger partial charge in [-0.15, -0.1) is 0 Å². The van der Waals surface area contributed by atoms with Crippen LogP contribution in [0.4, 0.5) is 0 Å². The molecule has 0 spiro atoms. The highest BCUT2D eigenvalue weighted by molar-refractivity contribution is 5.79. The Morgan fingerprint density at radius 2 is 2.17 bits per heavy atom. The Morgan fingerprint density at radius 1 is 1.50 bits per heavy atom. The Balaban J connectivity index is 3.73. The summed E-state index contributed by atoms with van der Waals surface area (Å²) in [7, 11) is 0. The second-order valence-corrected chi connectivity index (χ2v) is 3.01. The zero-order chi connectivity index (χ0) is 9.40. The van der Waals surface area contributed by atoms with Crippen molar-refractivity contribution in [2.24, 2.45) is 5.92 Å². The molecule has 0 saturated carbocycles. The van der Waals surface area contributed by atoms with E-state index in [1.807, 2.05) is 0 Å². The first-order chi connectivity index (χ1) is 5.70. The van der Waals surface area contributed by atoms with Crippen molar-refractivity contribution in [3.8, 4) is 0 Å². The van der Waals surface area contributed by atoms with Crippen LogP contribution < -0.4 is 0 Å². The van der Waals surface area contributed by atoms with Crippen LogP contribution in [0.2, 0.25) is 0 Å². The third kappa shape index (κ3) is 5.96. The maximum atomic E-state index is 10.2. The van der Waals surface area contributed by atoms with Gasteiger partial charge in [0.25, 0.3) is 0 Å². The zero-order valence-electron chi connectivity index (χ0n) is 7.92. The third-order valence-corrected chi connectivity index (χ3v) is 1.96. The number of carboxylic acids is 1. The molecule has 2 nitrogen and oxygen atoms in total. The molecule has 0 fully saturated rings. The van der Waals surface area contributed by atoms with E-state index in [0.717, 1.165) is 12.8 Å². The number of unbranched alkanes of at least 4 members (excludes halogenated alkanes) is 1. The van der Waals surface area contributed by atoms with Crippen molar-refractivity contribution in [2.45, 2.75) is 39.5 Å². The van der Waals surface area contributed by atoms with E-state index in [4.69, 9.17) is 5.11 Å². The predicted molar refractivity (Wildman–Crippen MR) is 50.1 cm³/mol. The summed E-state index contributed by atoms with van der Waals surface area (Å²) in [5.74, 6) is -0.397. The molecule has 0 aromatic rings. The topological polar surface area (TPSA) is 37.3 Å². The van der Waals surface area contributed by atoms with Crippen LogP contribution in [-0.4, -0.2) is 11.1 Å². The second kappa shape index (κ2) is 6.89. The smallest absolute Gasteiger partial charge is 0.327 e. The summed E-state index contributed by atoms with van der Waals surface area (Å²) < 4.78 is 0. The van der Waals surface area contributed by atoms with Crippen LogP contribution in [0, 0.1) is 5.92 Å². The molecule has 1 atom stereocenters. The van der Waals surface area contributed by atoms with Gasteiger partial charge in [-0.25, -0.2) is 4.79 Å². The highest BCUT2D eigenvalue weighted by atomic mass is 16.4. The van der Waals surface area contributed by atoms with Gasteiger partial charge in [0.2, 0.25) is 0 Å². The van der Waals surface area contributed by atoms with Crippen molar-refractivity contribution in [2.75, 3.05) is 0 Å². The number of carboxylic acid groups (broad SMARTS) is 1. The average molecular weight is 170 g/mol. The molecule has 0 rings (SSSR count). The molecule has 0 aromatic heterocycles. The molecule has 2 heteroatoms. The van der Waals surface area contributed by atoms with Crippen molar-refractivity contribution in [1.82, 2.24) is 0 Å².